The Bertz CT molecular complexity index is 855. The van der Waals surface area contributed by atoms with Crippen LogP contribution >= 0.6 is 11.8 Å². The van der Waals surface area contributed by atoms with Gasteiger partial charge in [-0.25, -0.2) is 13.1 Å². The fraction of sp³-hybridized carbons (Fsp3) is 0.278. The van der Waals surface area contributed by atoms with Gasteiger partial charge in [-0.2, -0.15) is 0 Å². The third-order valence-electron chi connectivity index (χ3n) is 3.72. The summed E-state index contributed by atoms with van der Waals surface area (Å²) in [6, 6.07) is 14.0. The van der Waals surface area contributed by atoms with Crippen LogP contribution in [0.2, 0.25) is 0 Å². The molecule has 2 rings (SSSR count). The zero-order valence-corrected chi connectivity index (χ0v) is 16.2. The van der Waals surface area contributed by atoms with Crippen molar-refractivity contribution >= 4 is 33.4 Å². The number of carbonyl (C=O) groups is 1. The molecule has 1 unspecified atom stereocenters. The molecule has 26 heavy (non-hydrogen) atoms. The van der Waals surface area contributed by atoms with Crippen molar-refractivity contribution in [3.63, 3.8) is 0 Å². The van der Waals surface area contributed by atoms with Gasteiger partial charge in [-0.3, -0.25) is 4.79 Å². The highest BCUT2D eigenvalue weighted by Gasteiger charge is 2.16. The van der Waals surface area contributed by atoms with Crippen molar-refractivity contribution in [2.75, 3.05) is 23.9 Å². The molecular formula is C18H22N2O4S2. The molecule has 0 saturated heterocycles. The van der Waals surface area contributed by atoms with Crippen molar-refractivity contribution in [3.8, 4) is 0 Å². The van der Waals surface area contributed by atoms with E-state index in [1.165, 1.54) is 24.9 Å². The number of benzene rings is 2. The molecule has 0 spiro atoms. The van der Waals surface area contributed by atoms with Gasteiger partial charge in [0.05, 0.1) is 16.8 Å². The molecule has 0 radical (unpaired) electrons. The monoisotopic (exact) mass is 394 g/mol. The van der Waals surface area contributed by atoms with Crippen LogP contribution in [0.3, 0.4) is 0 Å². The first kappa shape index (κ1) is 20.4. The van der Waals surface area contributed by atoms with E-state index in [0.717, 1.165) is 5.56 Å². The fourth-order valence-electron chi connectivity index (χ4n) is 2.31. The zero-order valence-electron chi connectivity index (χ0n) is 14.6. The van der Waals surface area contributed by atoms with Gasteiger partial charge in [0.1, 0.15) is 0 Å². The molecule has 1 amide bonds. The minimum atomic E-state index is -3.59. The summed E-state index contributed by atoms with van der Waals surface area (Å²) in [7, 11) is -2.24. The molecule has 6 nitrogen and oxygen atoms in total. The van der Waals surface area contributed by atoms with E-state index < -0.39 is 16.1 Å². The van der Waals surface area contributed by atoms with E-state index in [4.69, 9.17) is 0 Å². The molecule has 140 valence electrons. The number of aliphatic hydroxyl groups excluding tert-OH is 1. The van der Waals surface area contributed by atoms with Crippen LogP contribution in [-0.2, 0) is 14.8 Å². The number of amides is 1. The molecule has 0 aliphatic rings. The second-order valence-electron chi connectivity index (χ2n) is 5.68. The fourth-order valence-corrected chi connectivity index (χ4v) is 4.09. The normalized spacial score (nSPS) is 12.6. The lowest BCUT2D eigenvalue weighted by atomic mass is 10.1. The Balaban J connectivity index is 1.91. The molecule has 0 fully saturated rings. The van der Waals surface area contributed by atoms with Crippen molar-refractivity contribution in [1.29, 1.82) is 0 Å². The van der Waals surface area contributed by atoms with E-state index in [1.807, 2.05) is 30.3 Å². The van der Waals surface area contributed by atoms with Gasteiger partial charge in [-0.15, -0.1) is 11.8 Å². The molecule has 3 N–H and O–H groups in total. The first-order valence-corrected chi connectivity index (χ1v) is 10.6. The van der Waals surface area contributed by atoms with Gasteiger partial charge < -0.3 is 10.4 Å². The molecule has 2 aromatic carbocycles. The van der Waals surface area contributed by atoms with Crippen molar-refractivity contribution in [3.05, 3.63) is 59.7 Å². The predicted octanol–water partition coefficient (Wildman–Crippen LogP) is 2.31. The summed E-state index contributed by atoms with van der Waals surface area (Å²) in [5.41, 5.74) is 1.82. The number of aryl methyl sites for hydroxylation is 1. The minimum Gasteiger partial charge on any atom is -0.388 e. The van der Waals surface area contributed by atoms with Gasteiger partial charge in [0.25, 0.3) is 0 Å². The Hall–Kier alpha value is -1.87. The third-order valence-corrected chi connectivity index (χ3v) is 6.30. The van der Waals surface area contributed by atoms with Gasteiger partial charge in [0.2, 0.25) is 15.9 Å². The molecule has 2 aromatic rings. The van der Waals surface area contributed by atoms with Crippen LogP contribution in [0.5, 0.6) is 0 Å². The van der Waals surface area contributed by atoms with Crippen LogP contribution in [0, 0.1) is 6.92 Å². The Morgan fingerprint density at radius 1 is 1.19 bits per heavy atom. The lowest BCUT2D eigenvalue weighted by Crippen LogP contribution is -2.20. The number of aliphatic hydroxyl groups is 1. The Labute approximate surface area is 158 Å². The van der Waals surface area contributed by atoms with Crippen LogP contribution < -0.4 is 10.0 Å². The number of hydrogen-bond acceptors (Lipinski definition) is 5. The number of rotatable bonds is 8. The molecule has 0 aliphatic carbocycles. The molecule has 0 bridgehead atoms. The number of carbonyl (C=O) groups excluding carboxylic acids is 1. The van der Waals surface area contributed by atoms with E-state index in [1.54, 1.807) is 19.1 Å². The second kappa shape index (κ2) is 9.18. The van der Waals surface area contributed by atoms with E-state index in [9.17, 15) is 18.3 Å². The Morgan fingerprint density at radius 3 is 2.54 bits per heavy atom. The second-order valence-corrected chi connectivity index (χ2v) is 8.56. The maximum absolute atomic E-state index is 12.1. The number of thioether (sulfide) groups is 1. The smallest absolute Gasteiger partial charge is 0.240 e. The summed E-state index contributed by atoms with van der Waals surface area (Å²) in [5.74, 6) is 0.295. The minimum absolute atomic E-state index is 0.130. The summed E-state index contributed by atoms with van der Waals surface area (Å²) >= 11 is 1.31. The highest BCUT2D eigenvalue weighted by molar-refractivity contribution is 8.00. The van der Waals surface area contributed by atoms with Gasteiger partial charge >= 0.3 is 0 Å². The number of hydrogen-bond donors (Lipinski definition) is 3. The molecular weight excluding hydrogens is 372 g/mol. The van der Waals surface area contributed by atoms with Gasteiger partial charge in [0, 0.05) is 11.4 Å². The lowest BCUT2D eigenvalue weighted by Gasteiger charge is -2.12. The third kappa shape index (κ3) is 5.57. The Morgan fingerprint density at radius 2 is 1.88 bits per heavy atom. The van der Waals surface area contributed by atoms with Crippen LogP contribution in [0.1, 0.15) is 17.2 Å². The molecule has 1 atom stereocenters. The predicted molar refractivity (Wildman–Crippen MR) is 105 cm³/mol. The molecule has 0 aromatic heterocycles. The number of anilines is 1. The van der Waals surface area contributed by atoms with Crippen molar-refractivity contribution in [2.24, 2.45) is 0 Å². The number of nitrogens with one attached hydrogen (secondary N) is 2. The van der Waals surface area contributed by atoms with Gasteiger partial charge in [-0.1, -0.05) is 36.4 Å². The standard InChI is InChI=1S/C18H22N2O4S2/c1-13-8-9-15(10-17(13)26(23,24)19-2)20-18(22)12-25-11-16(21)14-6-4-3-5-7-14/h3-10,16,19,21H,11-12H2,1-2H3,(H,20,22). The van der Waals surface area contributed by atoms with Crippen LogP contribution in [0.15, 0.2) is 53.4 Å². The summed E-state index contributed by atoms with van der Waals surface area (Å²) in [4.78, 5) is 12.2. The van der Waals surface area contributed by atoms with Crippen LogP contribution in [-0.4, -0.2) is 38.0 Å². The molecule has 0 aliphatic heterocycles. The molecule has 8 heteroatoms. The average molecular weight is 395 g/mol. The highest BCUT2D eigenvalue weighted by Crippen LogP contribution is 2.21. The maximum atomic E-state index is 12.1. The van der Waals surface area contributed by atoms with Gasteiger partial charge in [0.15, 0.2) is 0 Å². The molecule has 0 heterocycles. The SMILES string of the molecule is CNS(=O)(=O)c1cc(NC(=O)CSCC(O)c2ccccc2)ccc1C. The largest absolute Gasteiger partial charge is 0.388 e. The van der Waals surface area contributed by atoms with E-state index in [2.05, 4.69) is 10.0 Å². The molecule has 0 saturated carbocycles. The highest BCUT2D eigenvalue weighted by atomic mass is 32.2. The first-order chi connectivity index (χ1) is 12.3. The summed E-state index contributed by atoms with van der Waals surface area (Å²) in [5, 5.41) is 12.8. The lowest BCUT2D eigenvalue weighted by molar-refractivity contribution is -0.113. The first-order valence-electron chi connectivity index (χ1n) is 7.98. The topological polar surface area (TPSA) is 95.5 Å². The summed E-state index contributed by atoms with van der Waals surface area (Å²) < 4.78 is 26.2. The van der Waals surface area contributed by atoms with E-state index in [0.29, 0.717) is 17.0 Å². The average Bonchev–Trinajstić information content (AvgIpc) is 2.63. The van der Waals surface area contributed by atoms with Crippen LogP contribution in [0.4, 0.5) is 5.69 Å². The summed E-state index contributed by atoms with van der Waals surface area (Å²) in [6.07, 6.45) is -0.638. The van der Waals surface area contributed by atoms with Crippen molar-refractivity contribution in [1.82, 2.24) is 4.72 Å². The summed E-state index contributed by atoms with van der Waals surface area (Å²) in [6.45, 7) is 1.69. The zero-order chi connectivity index (χ0) is 19.2. The van der Waals surface area contributed by atoms with E-state index >= 15 is 0 Å². The van der Waals surface area contributed by atoms with Gasteiger partial charge in [-0.05, 0) is 37.2 Å². The van der Waals surface area contributed by atoms with E-state index in [-0.39, 0.29) is 16.6 Å². The van der Waals surface area contributed by atoms with Crippen molar-refractivity contribution < 1.29 is 18.3 Å². The quantitative estimate of drug-likeness (QED) is 0.639. The Kier molecular flexibility index (Phi) is 7.22. The van der Waals surface area contributed by atoms with Crippen LogP contribution in [0.25, 0.3) is 0 Å². The number of sulfonamides is 1. The van der Waals surface area contributed by atoms with Crippen molar-refractivity contribution in [2.45, 2.75) is 17.9 Å². The maximum Gasteiger partial charge on any atom is 0.240 e.